The molecule has 1 amide bonds. The van der Waals surface area contributed by atoms with Gasteiger partial charge in [-0.25, -0.2) is 13.6 Å². The van der Waals surface area contributed by atoms with E-state index >= 15 is 0 Å². The summed E-state index contributed by atoms with van der Waals surface area (Å²) in [6.45, 7) is 0.203. The Bertz CT molecular complexity index is 758. The molecule has 26 heavy (non-hydrogen) atoms. The molecule has 1 aromatic rings. The number of benzene rings is 1. The fourth-order valence-electron chi connectivity index (χ4n) is 2.88. The molecule has 1 aliphatic rings. The zero-order chi connectivity index (χ0) is 19.2. The third-order valence-electron chi connectivity index (χ3n) is 4.21. The number of amides is 1. The molecule has 1 aliphatic carbocycles. The number of carbonyl (C=O) groups excluding carboxylic acids is 1. The van der Waals surface area contributed by atoms with Gasteiger partial charge in [0.1, 0.15) is 0 Å². The maximum absolute atomic E-state index is 12.2. The molecule has 4 N–H and O–H groups in total. The predicted molar refractivity (Wildman–Crippen MR) is 99.7 cm³/mol. The van der Waals surface area contributed by atoms with E-state index in [1.807, 2.05) is 0 Å². The molecule has 0 bridgehead atoms. The molecule has 0 radical (unpaired) electrons. The fourth-order valence-corrected chi connectivity index (χ4v) is 5.26. The SMILES string of the molecule is NS(=O)(=O)c1cc(C(=O)NCCCC(=O)O)ccc1SC1CCCCC1. The molecule has 0 aromatic heterocycles. The zero-order valence-corrected chi connectivity index (χ0v) is 16.1. The van der Waals surface area contributed by atoms with E-state index in [0.29, 0.717) is 16.6 Å². The maximum Gasteiger partial charge on any atom is 0.303 e. The third kappa shape index (κ3) is 6.30. The molecule has 0 heterocycles. The van der Waals surface area contributed by atoms with Gasteiger partial charge in [-0.15, -0.1) is 11.8 Å². The number of carboxylic acid groups (broad SMARTS) is 1. The Morgan fingerprint density at radius 2 is 1.92 bits per heavy atom. The van der Waals surface area contributed by atoms with Crippen LogP contribution in [0.2, 0.25) is 0 Å². The quantitative estimate of drug-likeness (QED) is 0.575. The van der Waals surface area contributed by atoms with Gasteiger partial charge in [0.2, 0.25) is 10.0 Å². The Morgan fingerprint density at radius 3 is 2.54 bits per heavy atom. The molecule has 1 fully saturated rings. The first kappa shape index (κ1) is 20.7. The van der Waals surface area contributed by atoms with Gasteiger partial charge in [-0.1, -0.05) is 19.3 Å². The summed E-state index contributed by atoms with van der Waals surface area (Å²) in [5, 5.41) is 16.9. The predicted octanol–water partition coefficient (Wildman–Crippen LogP) is 2.35. The fraction of sp³-hybridized carbons (Fsp3) is 0.529. The van der Waals surface area contributed by atoms with Gasteiger partial charge in [0.15, 0.2) is 0 Å². The number of rotatable bonds is 8. The van der Waals surface area contributed by atoms with Crippen LogP contribution in [-0.2, 0) is 14.8 Å². The highest BCUT2D eigenvalue weighted by atomic mass is 32.2. The maximum atomic E-state index is 12.2. The van der Waals surface area contributed by atoms with Gasteiger partial charge in [0.25, 0.3) is 5.91 Å². The van der Waals surface area contributed by atoms with Crippen molar-refractivity contribution in [2.75, 3.05) is 6.54 Å². The molecule has 0 spiro atoms. The molecule has 9 heteroatoms. The number of thioether (sulfide) groups is 1. The zero-order valence-electron chi connectivity index (χ0n) is 14.4. The van der Waals surface area contributed by atoms with Crippen LogP contribution in [0.3, 0.4) is 0 Å². The number of carbonyl (C=O) groups is 2. The van der Waals surface area contributed by atoms with Crippen LogP contribution >= 0.6 is 11.8 Å². The number of sulfonamides is 1. The van der Waals surface area contributed by atoms with E-state index in [0.717, 1.165) is 25.7 Å². The van der Waals surface area contributed by atoms with E-state index in [4.69, 9.17) is 10.2 Å². The molecule has 0 atom stereocenters. The van der Waals surface area contributed by atoms with Gasteiger partial charge in [0.05, 0.1) is 4.90 Å². The van der Waals surface area contributed by atoms with Crippen molar-refractivity contribution in [2.24, 2.45) is 5.14 Å². The number of carboxylic acids is 1. The van der Waals surface area contributed by atoms with Crippen molar-refractivity contribution < 1.29 is 23.1 Å². The topological polar surface area (TPSA) is 127 Å². The molecule has 2 rings (SSSR count). The minimum absolute atomic E-state index is 0.0359. The molecular formula is C17H24N2O5S2. The molecule has 0 saturated heterocycles. The van der Waals surface area contributed by atoms with Crippen LogP contribution in [0, 0.1) is 0 Å². The van der Waals surface area contributed by atoms with Crippen molar-refractivity contribution in [2.45, 2.75) is 60.0 Å². The standard InChI is InChI=1S/C17H24N2O5S2/c18-26(23,24)15-11-12(17(22)19-10-4-7-16(20)21)8-9-14(15)25-13-5-2-1-3-6-13/h8-9,11,13H,1-7,10H2,(H,19,22)(H,20,21)(H2,18,23,24). The van der Waals surface area contributed by atoms with Crippen molar-refractivity contribution in [1.29, 1.82) is 0 Å². The number of aliphatic carboxylic acids is 1. The minimum Gasteiger partial charge on any atom is -0.481 e. The molecule has 1 aromatic carbocycles. The molecular weight excluding hydrogens is 376 g/mol. The van der Waals surface area contributed by atoms with E-state index in [9.17, 15) is 18.0 Å². The highest BCUT2D eigenvalue weighted by molar-refractivity contribution is 8.00. The van der Waals surface area contributed by atoms with Crippen LogP contribution in [0.4, 0.5) is 0 Å². The van der Waals surface area contributed by atoms with Crippen LogP contribution in [0.5, 0.6) is 0 Å². The molecule has 1 saturated carbocycles. The Balaban J connectivity index is 2.11. The first-order valence-corrected chi connectivity index (χ1v) is 11.0. The van der Waals surface area contributed by atoms with E-state index < -0.39 is 21.9 Å². The Hall–Kier alpha value is -1.58. The van der Waals surface area contributed by atoms with Crippen molar-refractivity contribution in [1.82, 2.24) is 5.32 Å². The summed E-state index contributed by atoms with van der Waals surface area (Å²) in [5.74, 6) is -1.38. The summed E-state index contributed by atoms with van der Waals surface area (Å²) in [5.41, 5.74) is 0.192. The van der Waals surface area contributed by atoms with E-state index in [1.165, 1.54) is 24.2 Å². The lowest BCUT2D eigenvalue weighted by Gasteiger charge is -2.22. The van der Waals surface area contributed by atoms with Crippen molar-refractivity contribution >= 4 is 33.7 Å². The molecule has 0 unspecified atom stereocenters. The largest absolute Gasteiger partial charge is 0.481 e. The van der Waals surface area contributed by atoms with Crippen LogP contribution in [0.1, 0.15) is 55.3 Å². The second-order valence-electron chi connectivity index (χ2n) is 6.34. The summed E-state index contributed by atoms with van der Waals surface area (Å²) in [6, 6.07) is 4.50. The van der Waals surface area contributed by atoms with Crippen molar-refractivity contribution in [3.8, 4) is 0 Å². The summed E-state index contributed by atoms with van der Waals surface area (Å²) in [6.07, 6.45) is 5.83. The molecule has 0 aliphatic heterocycles. The number of hydrogen-bond donors (Lipinski definition) is 3. The van der Waals surface area contributed by atoms with E-state index in [1.54, 1.807) is 12.1 Å². The average Bonchev–Trinajstić information content (AvgIpc) is 2.58. The number of hydrogen-bond acceptors (Lipinski definition) is 5. The van der Waals surface area contributed by atoms with Gasteiger partial charge in [-0.05, 0) is 37.5 Å². The van der Waals surface area contributed by atoms with Gasteiger partial charge in [-0.2, -0.15) is 0 Å². The van der Waals surface area contributed by atoms with Crippen LogP contribution in [-0.4, -0.2) is 37.2 Å². The first-order valence-electron chi connectivity index (χ1n) is 8.61. The number of nitrogens with two attached hydrogens (primary N) is 1. The summed E-state index contributed by atoms with van der Waals surface area (Å²) in [4.78, 5) is 23.2. The average molecular weight is 401 g/mol. The molecule has 7 nitrogen and oxygen atoms in total. The van der Waals surface area contributed by atoms with Crippen molar-refractivity contribution in [3.05, 3.63) is 23.8 Å². The highest BCUT2D eigenvalue weighted by Crippen LogP contribution is 2.36. The van der Waals surface area contributed by atoms with E-state index in [-0.39, 0.29) is 23.4 Å². The second-order valence-corrected chi connectivity index (χ2v) is 9.21. The smallest absolute Gasteiger partial charge is 0.303 e. The number of nitrogens with one attached hydrogen (secondary N) is 1. The first-order chi connectivity index (χ1) is 12.3. The summed E-state index contributed by atoms with van der Waals surface area (Å²) >= 11 is 1.51. The summed E-state index contributed by atoms with van der Waals surface area (Å²) < 4.78 is 23.9. The summed E-state index contributed by atoms with van der Waals surface area (Å²) in [7, 11) is -3.96. The second kappa shape index (κ2) is 9.38. The van der Waals surface area contributed by atoms with Gasteiger partial charge < -0.3 is 10.4 Å². The lowest BCUT2D eigenvalue weighted by molar-refractivity contribution is -0.137. The van der Waals surface area contributed by atoms with Crippen LogP contribution in [0.25, 0.3) is 0 Å². The minimum atomic E-state index is -3.96. The Kier molecular flexibility index (Phi) is 7.48. The van der Waals surface area contributed by atoms with Crippen LogP contribution < -0.4 is 10.5 Å². The Morgan fingerprint density at radius 1 is 1.23 bits per heavy atom. The van der Waals surface area contributed by atoms with Gasteiger partial charge in [-0.3, -0.25) is 9.59 Å². The van der Waals surface area contributed by atoms with Crippen LogP contribution in [0.15, 0.2) is 28.0 Å². The Labute approximate surface area is 157 Å². The monoisotopic (exact) mass is 400 g/mol. The van der Waals surface area contributed by atoms with Gasteiger partial charge >= 0.3 is 5.97 Å². The third-order valence-corrected chi connectivity index (χ3v) is 6.71. The number of primary sulfonamides is 1. The lowest BCUT2D eigenvalue weighted by atomic mass is 10.0. The van der Waals surface area contributed by atoms with Crippen molar-refractivity contribution in [3.63, 3.8) is 0 Å². The highest BCUT2D eigenvalue weighted by Gasteiger charge is 2.22. The van der Waals surface area contributed by atoms with E-state index in [2.05, 4.69) is 5.32 Å². The van der Waals surface area contributed by atoms with Gasteiger partial charge in [0, 0.05) is 28.7 Å². The normalized spacial score (nSPS) is 15.6. The molecule has 144 valence electrons. The lowest BCUT2D eigenvalue weighted by Crippen LogP contribution is -2.25.